The zero-order valence-corrected chi connectivity index (χ0v) is 10.7. The van der Waals surface area contributed by atoms with Gasteiger partial charge in [0.05, 0.1) is 5.69 Å². The number of aromatic nitrogens is 2. The average molecular weight is 232 g/mol. The highest BCUT2D eigenvalue weighted by molar-refractivity contribution is 5.78. The lowest BCUT2D eigenvalue weighted by Crippen LogP contribution is -2.01. The van der Waals surface area contributed by atoms with Crippen molar-refractivity contribution in [2.45, 2.75) is 39.5 Å². The van der Waals surface area contributed by atoms with Gasteiger partial charge in [-0.15, -0.1) is 0 Å². The molecular weight excluding hydrogens is 215 g/mol. The molecule has 0 aliphatic rings. The van der Waals surface area contributed by atoms with Crippen LogP contribution in [-0.4, -0.2) is 9.97 Å². The number of pyridine rings is 2. The molecule has 17 heavy (non-hydrogen) atoms. The van der Waals surface area contributed by atoms with Crippen LogP contribution in [-0.2, 0) is 0 Å². The highest BCUT2D eigenvalue weighted by Crippen LogP contribution is 2.24. The van der Waals surface area contributed by atoms with Crippen LogP contribution in [0.3, 0.4) is 0 Å². The number of hydrogen-bond acceptors (Lipinski definition) is 2. The predicted molar refractivity (Wildman–Crippen MR) is 67.7 cm³/mol. The van der Waals surface area contributed by atoms with Crippen molar-refractivity contribution in [3.8, 4) is 0 Å². The fourth-order valence-electron chi connectivity index (χ4n) is 1.81. The molecule has 0 radical (unpaired) electrons. The van der Waals surface area contributed by atoms with Crippen molar-refractivity contribution in [1.82, 2.24) is 9.97 Å². The topological polar surface area (TPSA) is 25.8 Å². The summed E-state index contributed by atoms with van der Waals surface area (Å²) in [5.74, 6) is 0.0957. The fourth-order valence-corrected chi connectivity index (χ4v) is 1.81. The Balaban J connectivity index is 2.69. The van der Waals surface area contributed by atoms with E-state index in [1.165, 1.54) is 0 Å². The maximum absolute atomic E-state index is 14.2. The molecule has 2 aromatic rings. The second kappa shape index (κ2) is 4.40. The summed E-state index contributed by atoms with van der Waals surface area (Å²) in [5, 5.41) is 0.760. The third-order valence-corrected chi connectivity index (χ3v) is 2.86. The highest BCUT2D eigenvalue weighted by Gasteiger charge is 2.14. The van der Waals surface area contributed by atoms with Crippen molar-refractivity contribution in [3.05, 3.63) is 35.5 Å². The summed E-state index contributed by atoms with van der Waals surface area (Å²) in [7, 11) is 0. The van der Waals surface area contributed by atoms with Gasteiger partial charge in [-0.2, -0.15) is 0 Å². The predicted octanol–water partition coefficient (Wildman–Crippen LogP) is 4.02. The van der Waals surface area contributed by atoms with Crippen molar-refractivity contribution in [1.29, 1.82) is 0 Å². The third-order valence-electron chi connectivity index (χ3n) is 2.86. The molecule has 0 saturated heterocycles. The lowest BCUT2D eigenvalue weighted by Gasteiger charge is -2.10. The molecule has 0 unspecified atom stereocenters. The molecular formula is C14H17FN2. The summed E-state index contributed by atoms with van der Waals surface area (Å²) >= 11 is 0. The fraction of sp³-hybridized carbons (Fsp3) is 0.429. The van der Waals surface area contributed by atoms with Crippen LogP contribution in [0.2, 0.25) is 0 Å². The van der Waals surface area contributed by atoms with E-state index in [0.717, 1.165) is 11.1 Å². The summed E-state index contributed by atoms with van der Waals surface area (Å²) < 4.78 is 14.2. The Morgan fingerprint density at radius 3 is 2.35 bits per heavy atom. The lowest BCUT2D eigenvalue weighted by atomic mass is 10.1. The molecule has 2 rings (SSSR count). The minimum atomic E-state index is -0.278. The first-order valence-corrected chi connectivity index (χ1v) is 5.95. The number of nitrogens with zero attached hydrogens (tertiary/aromatic N) is 2. The van der Waals surface area contributed by atoms with Gasteiger partial charge < -0.3 is 0 Å². The first-order chi connectivity index (χ1) is 8.00. The largest absolute Gasteiger partial charge is 0.257 e. The SMILES string of the molecule is CC(C)c1ccc2cnc(C(C)C)c(F)c2n1. The smallest absolute Gasteiger partial charge is 0.171 e. The molecule has 2 heterocycles. The van der Waals surface area contributed by atoms with Gasteiger partial charge in [-0.25, -0.2) is 9.37 Å². The monoisotopic (exact) mass is 232 g/mol. The molecule has 0 saturated carbocycles. The van der Waals surface area contributed by atoms with Crippen LogP contribution in [0.1, 0.15) is 50.9 Å². The van der Waals surface area contributed by atoms with Gasteiger partial charge in [-0.3, -0.25) is 4.98 Å². The van der Waals surface area contributed by atoms with Gasteiger partial charge in [0.15, 0.2) is 5.82 Å². The normalized spacial score (nSPS) is 11.7. The number of halogens is 1. The van der Waals surface area contributed by atoms with E-state index in [-0.39, 0.29) is 11.7 Å². The standard InChI is InChI=1S/C14H17FN2/c1-8(2)11-6-5-10-7-16-13(9(3)4)12(15)14(10)17-11/h5-9H,1-4H3. The van der Waals surface area contributed by atoms with Gasteiger partial charge in [0.25, 0.3) is 0 Å². The van der Waals surface area contributed by atoms with E-state index in [0.29, 0.717) is 17.1 Å². The molecule has 0 bridgehead atoms. The summed E-state index contributed by atoms with van der Waals surface area (Å²) in [5.41, 5.74) is 1.85. The molecule has 2 nitrogen and oxygen atoms in total. The van der Waals surface area contributed by atoms with E-state index in [9.17, 15) is 4.39 Å². The van der Waals surface area contributed by atoms with E-state index >= 15 is 0 Å². The summed E-state index contributed by atoms with van der Waals surface area (Å²) in [6.07, 6.45) is 1.70. The van der Waals surface area contributed by atoms with Crippen LogP contribution in [0.25, 0.3) is 10.9 Å². The first kappa shape index (κ1) is 12.0. The molecule has 90 valence electrons. The summed E-state index contributed by atoms with van der Waals surface area (Å²) in [6.45, 7) is 7.97. The minimum Gasteiger partial charge on any atom is -0.257 e. The van der Waals surface area contributed by atoms with Gasteiger partial charge in [-0.1, -0.05) is 27.7 Å². The maximum atomic E-state index is 14.2. The Kier molecular flexibility index (Phi) is 3.09. The maximum Gasteiger partial charge on any atom is 0.171 e. The summed E-state index contributed by atoms with van der Waals surface area (Å²) in [6, 6.07) is 3.82. The van der Waals surface area contributed by atoms with Gasteiger partial charge in [0, 0.05) is 17.3 Å². The van der Waals surface area contributed by atoms with Crippen molar-refractivity contribution in [2.75, 3.05) is 0 Å². The van der Waals surface area contributed by atoms with Crippen LogP contribution < -0.4 is 0 Å². The average Bonchev–Trinajstić information content (AvgIpc) is 2.28. The number of fused-ring (bicyclic) bond motifs is 1. The molecule has 0 atom stereocenters. The van der Waals surface area contributed by atoms with Gasteiger partial charge >= 0.3 is 0 Å². The van der Waals surface area contributed by atoms with Crippen LogP contribution in [0.15, 0.2) is 18.3 Å². The van der Waals surface area contributed by atoms with Gasteiger partial charge in [0.1, 0.15) is 5.52 Å². The zero-order valence-electron chi connectivity index (χ0n) is 10.7. The highest BCUT2D eigenvalue weighted by atomic mass is 19.1. The molecule has 0 aliphatic carbocycles. The first-order valence-electron chi connectivity index (χ1n) is 5.95. The Morgan fingerprint density at radius 2 is 1.76 bits per heavy atom. The molecule has 0 spiro atoms. The van der Waals surface area contributed by atoms with E-state index in [1.54, 1.807) is 6.20 Å². The van der Waals surface area contributed by atoms with E-state index in [4.69, 9.17) is 0 Å². The Bertz CT molecular complexity index is 542. The van der Waals surface area contributed by atoms with Crippen molar-refractivity contribution in [3.63, 3.8) is 0 Å². The van der Waals surface area contributed by atoms with Crippen molar-refractivity contribution >= 4 is 10.9 Å². The minimum absolute atomic E-state index is 0.0731. The molecule has 3 heteroatoms. The number of hydrogen-bond donors (Lipinski definition) is 0. The third kappa shape index (κ3) is 2.14. The Morgan fingerprint density at radius 1 is 1.06 bits per heavy atom. The van der Waals surface area contributed by atoms with E-state index in [2.05, 4.69) is 23.8 Å². The zero-order chi connectivity index (χ0) is 12.6. The molecule has 0 aromatic carbocycles. The van der Waals surface area contributed by atoms with Gasteiger partial charge in [-0.05, 0) is 24.0 Å². The number of rotatable bonds is 2. The van der Waals surface area contributed by atoms with E-state index in [1.807, 2.05) is 26.0 Å². The molecule has 0 N–H and O–H groups in total. The van der Waals surface area contributed by atoms with Crippen molar-refractivity contribution in [2.24, 2.45) is 0 Å². The quantitative estimate of drug-likeness (QED) is 0.781. The lowest BCUT2D eigenvalue weighted by molar-refractivity contribution is 0.593. The second-order valence-corrected chi connectivity index (χ2v) is 4.94. The van der Waals surface area contributed by atoms with Crippen LogP contribution >= 0.6 is 0 Å². The molecule has 0 aliphatic heterocycles. The second-order valence-electron chi connectivity index (χ2n) is 4.94. The molecule has 2 aromatic heterocycles. The molecule has 0 amide bonds. The van der Waals surface area contributed by atoms with E-state index < -0.39 is 0 Å². The van der Waals surface area contributed by atoms with Crippen molar-refractivity contribution < 1.29 is 4.39 Å². The van der Waals surface area contributed by atoms with Crippen LogP contribution in [0.4, 0.5) is 4.39 Å². The summed E-state index contributed by atoms with van der Waals surface area (Å²) in [4.78, 5) is 8.57. The van der Waals surface area contributed by atoms with Crippen LogP contribution in [0.5, 0.6) is 0 Å². The molecule has 0 fully saturated rings. The Hall–Kier alpha value is -1.51. The van der Waals surface area contributed by atoms with Crippen LogP contribution in [0, 0.1) is 5.82 Å². The Labute approximate surface area is 101 Å². The van der Waals surface area contributed by atoms with Gasteiger partial charge in [0.2, 0.25) is 0 Å².